The van der Waals surface area contributed by atoms with E-state index in [1.807, 2.05) is 0 Å². The van der Waals surface area contributed by atoms with E-state index in [9.17, 15) is 0 Å². The van der Waals surface area contributed by atoms with E-state index >= 15 is 0 Å². The molecular formula is C11H28I2NP. The molecule has 15 heavy (non-hydrogen) atoms. The summed E-state index contributed by atoms with van der Waals surface area (Å²) < 4.78 is -0.482. The van der Waals surface area contributed by atoms with Crippen molar-refractivity contribution in [2.45, 2.75) is 39.0 Å². The number of rotatable bonds is 4. The van der Waals surface area contributed by atoms with Crippen LogP contribution >= 0.6 is 26.3 Å². The van der Waals surface area contributed by atoms with Crippen LogP contribution in [-0.4, -0.2) is 49.9 Å². The monoisotopic (exact) mass is 459 g/mol. The zero-order chi connectivity index (χ0) is 11.8. The van der Waals surface area contributed by atoms with Crippen molar-refractivity contribution in [1.82, 2.24) is 0 Å². The first-order valence-electron chi connectivity index (χ1n) is 5.42. The molecule has 1 nitrogen and oxygen atoms in total. The van der Waals surface area contributed by atoms with Gasteiger partial charge in [0.15, 0.2) is 0 Å². The number of nitrogens with zero attached hydrogens (tertiary/aromatic N) is 1. The van der Waals surface area contributed by atoms with E-state index in [0.717, 1.165) is 15.8 Å². The molecule has 0 unspecified atom stereocenters. The Kier molecular flexibility index (Phi) is 7.24. The predicted octanol–water partition coefficient (Wildman–Crippen LogP) is 1.00. The standard InChI is InChI=1S/C11H28INP.HI/c1-10(2)14(8,12,11(3)4)9-13(5,6)7;/h10-11H,9H2,1-8H3;1H/q+1;/p-1. The Bertz CT molecular complexity index is 195. The summed E-state index contributed by atoms with van der Waals surface area (Å²) >= 11 is 2.83. The Balaban J connectivity index is 0. The first-order valence-corrected chi connectivity index (χ1v) is 11.2. The Morgan fingerprint density at radius 3 is 1.33 bits per heavy atom. The number of hydrogen-bond donors (Lipinski definition) is 0. The van der Waals surface area contributed by atoms with Crippen LogP contribution in [0.1, 0.15) is 27.7 Å². The molecule has 0 aromatic carbocycles. The van der Waals surface area contributed by atoms with E-state index in [1.54, 1.807) is 0 Å². The normalized spacial score (nSPS) is 16.1. The fourth-order valence-electron chi connectivity index (χ4n) is 2.00. The van der Waals surface area contributed by atoms with Crippen LogP contribution in [0, 0.1) is 0 Å². The van der Waals surface area contributed by atoms with Crippen molar-refractivity contribution >= 4 is 26.3 Å². The van der Waals surface area contributed by atoms with Gasteiger partial charge in [0.25, 0.3) is 0 Å². The molecule has 0 radical (unpaired) electrons. The molecule has 0 heterocycles. The molecule has 96 valence electrons. The Morgan fingerprint density at radius 1 is 1.00 bits per heavy atom. The van der Waals surface area contributed by atoms with Gasteiger partial charge in [0.1, 0.15) is 0 Å². The maximum Gasteiger partial charge on any atom is -1.00 e. The van der Waals surface area contributed by atoms with Gasteiger partial charge in [-0.1, -0.05) is 0 Å². The maximum absolute atomic E-state index is 2.83. The van der Waals surface area contributed by atoms with Gasteiger partial charge in [-0.2, -0.15) is 0 Å². The zero-order valence-electron chi connectivity index (χ0n) is 11.5. The number of quaternary nitrogens is 1. The predicted molar refractivity (Wildman–Crippen MR) is 80.0 cm³/mol. The van der Waals surface area contributed by atoms with Crippen molar-refractivity contribution in [3.63, 3.8) is 0 Å². The summed E-state index contributed by atoms with van der Waals surface area (Å²) in [4.78, 5) is 0. The molecule has 0 N–H and O–H groups in total. The summed E-state index contributed by atoms with van der Waals surface area (Å²) in [5.74, 6) is 0. The second kappa shape index (κ2) is 5.66. The van der Waals surface area contributed by atoms with Crippen molar-refractivity contribution in [2.24, 2.45) is 0 Å². The average Bonchev–Trinajstić information content (AvgIpc) is 1.81. The average molecular weight is 459 g/mol. The van der Waals surface area contributed by atoms with Crippen LogP contribution in [0.5, 0.6) is 0 Å². The third-order valence-corrected chi connectivity index (χ3v) is 18.2. The molecule has 0 aliphatic carbocycles. The molecule has 0 atom stereocenters. The Morgan fingerprint density at radius 2 is 1.27 bits per heavy atom. The van der Waals surface area contributed by atoms with Gasteiger partial charge in [-0.3, -0.25) is 0 Å². The smallest absolute Gasteiger partial charge is 1.00 e. The van der Waals surface area contributed by atoms with Crippen molar-refractivity contribution in [1.29, 1.82) is 0 Å². The molecule has 0 rings (SSSR count). The van der Waals surface area contributed by atoms with Gasteiger partial charge in [0, 0.05) is 0 Å². The van der Waals surface area contributed by atoms with Crippen LogP contribution in [0.2, 0.25) is 0 Å². The molecule has 0 saturated carbocycles. The van der Waals surface area contributed by atoms with Gasteiger partial charge >= 0.3 is 104 Å². The molecule has 0 aliphatic heterocycles. The number of hydrogen-bond acceptors (Lipinski definition) is 0. The molecular weight excluding hydrogens is 431 g/mol. The molecule has 0 amide bonds. The second-order valence-electron chi connectivity index (χ2n) is 6.45. The Hall–Kier alpha value is 1.85. The van der Waals surface area contributed by atoms with Gasteiger partial charge in [-0.15, -0.1) is 0 Å². The van der Waals surface area contributed by atoms with Crippen LogP contribution in [0.4, 0.5) is 0 Å². The van der Waals surface area contributed by atoms with E-state index in [4.69, 9.17) is 0 Å². The molecule has 0 saturated heterocycles. The summed E-state index contributed by atoms with van der Waals surface area (Å²) in [6.45, 7) is 12.2. The van der Waals surface area contributed by atoms with Crippen molar-refractivity contribution in [3.8, 4) is 0 Å². The Labute approximate surface area is 127 Å². The van der Waals surface area contributed by atoms with Crippen LogP contribution < -0.4 is 24.0 Å². The first-order chi connectivity index (χ1) is 5.89. The molecule has 4 heteroatoms. The molecule has 0 aromatic heterocycles. The summed E-state index contributed by atoms with van der Waals surface area (Å²) in [5, 5.41) is 0. The minimum atomic E-state index is -1.57. The minimum absolute atomic E-state index is 0. The molecule has 0 bridgehead atoms. The summed E-state index contributed by atoms with van der Waals surface area (Å²) in [6.07, 6.45) is 1.33. The second-order valence-corrected chi connectivity index (χ2v) is 20.7. The summed E-state index contributed by atoms with van der Waals surface area (Å²) in [7, 11) is 6.94. The third kappa shape index (κ3) is 4.92. The van der Waals surface area contributed by atoms with Gasteiger partial charge in [0.2, 0.25) is 0 Å². The quantitative estimate of drug-likeness (QED) is 0.335. The van der Waals surface area contributed by atoms with E-state index in [2.05, 4.69) is 77.5 Å². The van der Waals surface area contributed by atoms with E-state index < -0.39 is 4.25 Å². The van der Waals surface area contributed by atoms with Crippen LogP contribution in [0.15, 0.2) is 0 Å². The van der Waals surface area contributed by atoms with Gasteiger partial charge in [0.05, 0.1) is 0 Å². The first kappa shape index (κ1) is 19.2. The largest absolute Gasteiger partial charge is 1.00 e. The van der Waals surface area contributed by atoms with Crippen molar-refractivity contribution < 1.29 is 28.5 Å². The SMILES string of the molecule is CC(C)P(C)(I)(C[N+](C)(C)C)C(C)C.[I-]. The number of halogens is 2. The van der Waals surface area contributed by atoms with E-state index in [1.165, 1.54) is 6.29 Å². The fraction of sp³-hybridized carbons (Fsp3) is 1.00. The molecule has 0 aliphatic rings. The van der Waals surface area contributed by atoms with E-state index in [-0.39, 0.29) is 24.0 Å². The minimum Gasteiger partial charge on any atom is -1.00 e. The van der Waals surface area contributed by atoms with E-state index in [0.29, 0.717) is 0 Å². The zero-order valence-corrected chi connectivity index (χ0v) is 16.7. The van der Waals surface area contributed by atoms with Crippen molar-refractivity contribution in [3.05, 3.63) is 0 Å². The third-order valence-electron chi connectivity index (χ3n) is 3.53. The molecule has 0 aromatic rings. The fourth-order valence-corrected chi connectivity index (χ4v) is 8.74. The van der Waals surface area contributed by atoms with Crippen LogP contribution in [0.25, 0.3) is 0 Å². The molecule has 0 spiro atoms. The van der Waals surface area contributed by atoms with Gasteiger partial charge in [-0.05, 0) is 0 Å². The van der Waals surface area contributed by atoms with Crippen LogP contribution in [0.3, 0.4) is 0 Å². The van der Waals surface area contributed by atoms with Crippen LogP contribution in [-0.2, 0) is 0 Å². The summed E-state index contributed by atoms with van der Waals surface area (Å²) in [6, 6.07) is 0. The van der Waals surface area contributed by atoms with Gasteiger partial charge < -0.3 is 24.0 Å². The topological polar surface area (TPSA) is 0 Å². The van der Waals surface area contributed by atoms with Crippen molar-refractivity contribution in [2.75, 3.05) is 34.1 Å². The van der Waals surface area contributed by atoms with Gasteiger partial charge in [-0.25, -0.2) is 0 Å². The summed E-state index contributed by atoms with van der Waals surface area (Å²) in [5.41, 5.74) is 1.64. The molecule has 0 fully saturated rings. The maximum atomic E-state index is 2.83.